The molecule has 0 atom stereocenters. The monoisotopic (exact) mass is 468 g/mol. The molecule has 4 heterocycles. The van der Waals surface area contributed by atoms with Gasteiger partial charge < -0.3 is 15.2 Å². The molecule has 10 heteroatoms. The summed E-state index contributed by atoms with van der Waals surface area (Å²) in [6.45, 7) is 3.91. The van der Waals surface area contributed by atoms with Gasteiger partial charge in [0.15, 0.2) is 5.82 Å². The Hall–Kier alpha value is -3.37. The molecule has 0 bridgehead atoms. The van der Waals surface area contributed by atoms with Crippen LogP contribution in [-0.4, -0.2) is 65.9 Å². The van der Waals surface area contributed by atoms with Crippen LogP contribution in [0.15, 0.2) is 29.1 Å². The predicted molar refractivity (Wildman–Crippen MR) is 125 cm³/mol. The highest BCUT2D eigenvalue weighted by atomic mass is 19.1. The largest absolute Gasteiger partial charge is 0.365 e. The van der Waals surface area contributed by atoms with Crippen molar-refractivity contribution in [3.63, 3.8) is 0 Å². The molecule has 2 aromatic heterocycles. The highest BCUT2D eigenvalue weighted by molar-refractivity contribution is 5.92. The average molecular weight is 469 g/mol. The van der Waals surface area contributed by atoms with E-state index in [1.807, 2.05) is 22.9 Å². The van der Waals surface area contributed by atoms with E-state index in [-0.39, 0.29) is 16.8 Å². The van der Waals surface area contributed by atoms with Crippen molar-refractivity contribution in [3.8, 4) is 0 Å². The molecule has 0 unspecified atom stereocenters. The first kappa shape index (κ1) is 22.4. The van der Waals surface area contributed by atoms with Crippen LogP contribution < -0.4 is 15.8 Å². The second-order valence-electron chi connectivity index (χ2n) is 8.89. The molecule has 1 fully saturated rings. The van der Waals surface area contributed by atoms with Crippen molar-refractivity contribution in [3.05, 3.63) is 68.8 Å². The first-order chi connectivity index (χ1) is 16.4. The molecule has 178 valence electrons. The summed E-state index contributed by atoms with van der Waals surface area (Å²) in [5, 5.41) is 3.19. The lowest BCUT2D eigenvalue weighted by Gasteiger charge is -2.36. The number of aromatic amines is 1. The standard InChI is InChI=1S/C24H26F2N6O2/c1-27-24(34)18-5-6-19(22(26)28-18)32-9-7-31(8-10-32)11-14-3-4-15-16-12-30(2)13-17(16)23(33)29-21(15)20(14)25/h3-6H,7-13H2,1-2H3,(H,27,34)(H,29,33). The number of H-pyrrole nitrogens is 1. The maximum Gasteiger partial charge on any atom is 0.269 e. The van der Waals surface area contributed by atoms with E-state index in [1.54, 1.807) is 12.1 Å². The van der Waals surface area contributed by atoms with Gasteiger partial charge in [0.1, 0.15) is 5.69 Å². The van der Waals surface area contributed by atoms with Crippen molar-refractivity contribution < 1.29 is 13.6 Å². The van der Waals surface area contributed by atoms with Gasteiger partial charge in [0.25, 0.3) is 11.5 Å². The van der Waals surface area contributed by atoms with Gasteiger partial charge in [0.2, 0.25) is 5.95 Å². The lowest BCUT2D eigenvalue weighted by atomic mass is 10.0. The van der Waals surface area contributed by atoms with E-state index >= 15 is 4.39 Å². The number of nitrogens with zero attached hydrogens (tertiary/aromatic N) is 4. The van der Waals surface area contributed by atoms with Crippen LogP contribution in [0.2, 0.25) is 0 Å². The summed E-state index contributed by atoms with van der Waals surface area (Å²) in [6.07, 6.45) is 0. The lowest BCUT2D eigenvalue weighted by Crippen LogP contribution is -2.46. The minimum Gasteiger partial charge on any atom is -0.365 e. The third-order valence-electron chi connectivity index (χ3n) is 6.68. The zero-order chi connectivity index (χ0) is 24.0. The predicted octanol–water partition coefficient (Wildman–Crippen LogP) is 1.83. The van der Waals surface area contributed by atoms with E-state index in [0.29, 0.717) is 62.6 Å². The van der Waals surface area contributed by atoms with E-state index in [4.69, 9.17) is 0 Å². The molecule has 1 amide bonds. The Balaban J connectivity index is 1.30. The number of amides is 1. The first-order valence-corrected chi connectivity index (χ1v) is 11.2. The Morgan fingerprint density at radius 3 is 2.53 bits per heavy atom. The molecule has 0 aliphatic carbocycles. The zero-order valence-electron chi connectivity index (χ0n) is 19.1. The molecule has 2 aliphatic rings. The molecular formula is C24H26F2N6O2. The molecular weight excluding hydrogens is 442 g/mol. The van der Waals surface area contributed by atoms with Gasteiger partial charge in [-0.2, -0.15) is 4.39 Å². The van der Waals surface area contributed by atoms with Crippen molar-refractivity contribution >= 4 is 22.5 Å². The Kier molecular flexibility index (Phi) is 5.78. The average Bonchev–Trinajstić information content (AvgIpc) is 3.24. The molecule has 5 rings (SSSR count). The van der Waals surface area contributed by atoms with E-state index in [1.165, 1.54) is 13.1 Å². The van der Waals surface area contributed by atoms with Crippen LogP contribution in [-0.2, 0) is 19.6 Å². The zero-order valence-corrected chi connectivity index (χ0v) is 19.1. The number of hydrogen-bond acceptors (Lipinski definition) is 6. The van der Waals surface area contributed by atoms with Crippen LogP contribution in [0.4, 0.5) is 14.5 Å². The Morgan fingerprint density at radius 1 is 1.09 bits per heavy atom. The molecule has 34 heavy (non-hydrogen) atoms. The number of benzene rings is 1. The van der Waals surface area contributed by atoms with Crippen molar-refractivity contribution in [2.24, 2.45) is 0 Å². The van der Waals surface area contributed by atoms with Crippen LogP contribution in [0.25, 0.3) is 10.9 Å². The number of aromatic nitrogens is 2. The lowest BCUT2D eigenvalue weighted by molar-refractivity contribution is 0.0957. The van der Waals surface area contributed by atoms with Crippen molar-refractivity contribution in [1.82, 2.24) is 25.1 Å². The second kappa shape index (κ2) is 8.77. The smallest absolute Gasteiger partial charge is 0.269 e. The highest BCUT2D eigenvalue weighted by Crippen LogP contribution is 2.29. The summed E-state index contributed by atoms with van der Waals surface area (Å²) in [4.78, 5) is 36.7. The fourth-order valence-corrected chi connectivity index (χ4v) is 4.85. The number of halogens is 2. The number of pyridine rings is 2. The van der Waals surface area contributed by atoms with Gasteiger partial charge in [0, 0.05) is 69.4 Å². The Morgan fingerprint density at radius 2 is 1.82 bits per heavy atom. The normalized spacial score (nSPS) is 16.8. The second-order valence-corrected chi connectivity index (χ2v) is 8.89. The number of piperazine rings is 1. The number of hydrogen-bond donors (Lipinski definition) is 2. The van der Waals surface area contributed by atoms with Crippen molar-refractivity contribution in [2.75, 3.05) is 45.2 Å². The maximum atomic E-state index is 15.4. The van der Waals surface area contributed by atoms with E-state index < -0.39 is 17.7 Å². The topological polar surface area (TPSA) is 84.6 Å². The van der Waals surface area contributed by atoms with Gasteiger partial charge in [0.05, 0.1) is 11.2 Å². The number of fused-ring (bicyclic) bond motifs is 3. The summed E-state index contributed by atoms with van der Waals surface area (Å²) in [5.74, 6) is -1.52. The summed E-state index contributed by atoms with van der Waals surface area (Å²) >= 11 is 0. The molecule has 2 aliphatic heterocycles. The molecule has 1 saturated heterocycles. The Bertz CT molecular complexity index is 1330. The van der Waals surface area contributed by atoms with E-state index in [0.717, 1.165) is 10.9 Å². The number of anilines is 1. The number of rotatable bonds is 4. The van der Waals surface area contributed by atoms with Gasteiger partial charge in [-0.1, -0.05) is 12.1 Å². The third kappa shape index (κ3) is 3.92. The van der Waals surface area contributed by atoms with Crippen LogP contribution in [0.5, 0.6) is 0 Å². The van der Waals surface area contributed by atoms with Gasteiger partial charge in [-0.15, -0.1) is 0 Å². The van der Waals surface area contributed by atoms with Crippen LogP contribution >= 0.6 is 0 Å². The molecule has 3 aromatic rings. The van der Waals surface area contributed by atoms with Gasteiger partial charge in [-0.25, -0.2) is 9.37 Å². The third-order valence-corrected chi connectivity index (χ3v) is 6.68. The molecule has 0 radical (unpaired) electrons. The van der Waals surface area contributed by atoms with Crippen LogP contribution in [0.3, 0.4) is 0 Å². The highest BCUT2D eigenvalue weighted by Gasteiger charge is 2.25. The van der Waals surface area contributed by atoms with E-state index in [2.05, 4.69) is 20.2 Å². The SMILES string of the molecule is CNC(=O)c1ccc(N2CCN(Cc3ccc4c5c(c(=O)[nH]c4c3F)CN(C)C5)CC2)c(F)n1. The first-order valence-electron chi connectivity index (χ1n) is 11.2. The number of carbonyl (C=O) groups is 1. The van der Waals surface area contributed by atoms with Gasteiger partial charge in [-0.05, 0) is 24.7 Å². The summed E-state index contributed by atoms with van der Waals surface area (Å²) in [6, 6.07) is 6.76. The van der Waals surface area contributed by atoms with Crippen LogP contribution in [0.1, 0.15) is 27.2 Å². The summed E-state index contributed by atoms with van der Waals surface area (Å²) < 4.78 is 29.9. The van der Waals surface area contributed by atoms with Crippen molar-refractivity contribution in [2.45, 2.75) is 19.6 Å². The fraction of sp³-hybridized carbons (Fsp3) is 0.375. The minimum atomic E-state index is -0.683. The number of carbonyl (C=O) groups excluding carboxylic acids is 1. The molecule has 0 saturated carbocycles. The summed E-state index contributed by atoms with van der Waals surface area (Å²) in [5.41, 5.74) is 2.55. The van der Waals surface area contributed by atoms with Gasteiger partial charge >= 0.3 is 0 Å². The minimum absolute atomic E-state index is 0.0319. The molecule has 8 nitrogen and oxygen atoms in total. The summed E-state index contributed by atoms with van der Waals surface area (Å²) in [7, 11) is 3.41. The van der Waals surface area contributed by atoms with E-state index in [9.17, 15) is 14.0 Å². The Labute approximate surface area is 195 Å². The van der Waals surface area contributed by atoms with Crippen molar-refractivity contribution in [1.29, 1.82) is 0 Å². The molecule has 2 N–H and O–H groups in total. The maximum absolute atomic E-state index is 15.4. The molecule has 0 spiro atoms. The fourth-order valence-electron chi connectivity index (χ4n) is 4.85. The quantitative estimate of drug-likeness (QED) is 0.569. The number of nitrogens with one attached hydrogen (secondary N) is 2. The van der Waals surface area contributed by atoms with Crippen LogP contribution in [0, 0.1) is 11.8 Å². The van der Waals surface area contributed by atoms with Gasteiger partial charge in [-0.3, -0.25) is 19.4 Å². The molecule has 1 aromatic carbocycles.